The van der Waals surface area contributed by atoms with Gasteiger partial charge in [-0.1, -0.05) is 18.2 Å². The van der Waals surface area contributed by atoms with Crippen LogP contribution in [-0.2, 0) is 6.54 Å². The third-order valence-corrected chi connectivity index (χ3v) is 3.03. The summed E-state index contributed by atoms with van der Waals surface area (Å²) < 4.78 is 12.2. The van der Waals surface area contributed by atoms with E-state index in [1.54, 1.807) is 6.20 Å². The third kappa shape index (κ3) is 4.51. The first kappa shape index (κ1) is 14.8. The number of para-hydroxylation sites is 1. The Hall–Kier alpha value is -1.59. The predicted octanol–water partition coefficient (Wildman–Crippen LogP) is 3.02. The number of benzene rings is 1. The van der Waals surface area contributed by atoms with E-state index in [4.69, 9.17) is 9.47 Å². The molecule has 2 aromatic rings. The molecule has 0 aliphatic carbocycles. The van der Waals surface area contributed by atoms with E-state index in [1.807, 2.05) is 43.4 Å². The van der Waals surface area contributed by atoms with Crippen molar-refractivity contribution in [1.29, 1.82) is 0 Å². The molecule has 4 nitrogen and oxygen atoms in total. The second kappa shape index (κ2) is 7.87. The van der Waals surface area contributed by atoms with Crippen LogP contribution >= 0.6 is 15.9 Å². The summed E-state index contributed by atoms with van der Waals surface area (Å²) in [6.07, 6.45) is 1.73. The average Bonchev–Trinajstić information content (AvgIpc) is 2.47. The Labute approximate surface area is 127 Å². The number of hydrogen-bond acceptors (Lipinski definition) is 4. The second-order valence-corrected chi connectivity index (χ2v) is 5.07. The molecule has 0 aliphatic heterocycles. The van der Waals surface area contributed by atoms with Crippen LogP contribution in [-0.4, -0.2) is 25.2 Å². The topological polar surface area (TPSA) is 43.4 Å². The molecule has 1 N–H and O–H groups in total. The summed E-state index contributed by atoms with van der Waals surface area (Å²) in [5.74, 6) is 1.48. The summed E-state index contributed by atoms with van der Waals surface area (Å²) in [4.78, 5) is 4.28. The van der Waals surface area contributed by atoms with Crippen molar-refractivity contribution in [3.05, 3.63) is 52.6 Å². The van der Waals surface area contributed by atoms with Crippen LogP contribution in [0.25, 0.3) is 0 Å². The molecule has 1 aromatic heterocycles. The van der Waals surface area contributed by atoms with Gasteiger partial charge in [0.1, 0.15) is 19.0 Å². The summed E-state index contributed by atoms with van der Waals surface area (Å²) >= 11 is 3.41. The molecule has 1 heterocycles. The van der Waals surface area contributed by atoms with Crippen LogP contribution in [0.5, 0.6) is 11.6 Å². The molecular formula is C15H17BrN2O2. The van der Waals surface area contributed by atoms with Crippen molar-refractivity contribution >= 4 is 15.9 Å². The Balaban J connectivity index is 1.84. The van der Waals surface area contributed by atoms with Crippen LogP contribution in [0.2, 0.25) is 0 Å². The van der Waals surface area contributed by atoms with Gasteiger partial charge in [0.05, 0.1) is 0 Å². The average molecular weight is 337 g/mol. The Kier molecular flexibility index (Phi) is 5.83. The quantitative estimate of drug-likeness (QED) is 0.789. The van der Waals surface area contributed by atoms with Crippen LogP contribution in [0.3, 0.4) is 0 Å². The maximum atomic E-state index is 5.67. The van der Waals surface area contributed by atoms with Gasteiger partial charge in [0.2, 0.25) is 5.88 Å². The summed E-state index contributed by atoms with van der Waals surface area (Å²) in [6, 6.07) is 11.7. The molecule has 0 amide bonds. The molecule has 0 radical (unpaired) electrons. The maximum Gasteiger partial charge on any atom is 0.218 e. The Morgan fingerprint density at radius 1 is 1.15 bits per heavy atom. The minimum absolute atomic E-state index is 0.459. The minimum atomic E-state index is 0.459. The molecule has 0 spiro atoms. The van der Waals surface area contributed by atoms with Crippen molar-refractivity contribution in [3.8, 4) is 11.6 Å². The Morgan fingerprint density at radius 3 is 2.65 bits per heavy atom. The van der Waals surface area contributed by atoms with E-state index in [2.05, 4.69) is 26.2 Å². The number of halogens is 1. The highest BCUT2D eigenvalue weighted by atomic mass is 79.9. The van der Waals surface area contributed by atoms with Gasteiger partial charge >= 0.3 is 0 Å². The third-order valence-electron chi connectivity index (χ3n) is 2.59. The maximum absolute atomic E-state index is 5.67. The van der Waals surface area contributed by atoms with Gasteiger partial charge < -0.3 is 14.8 Å². The van der Waals surface area contributed by atoms with Crippen LogP contribution in [0, 0.1) is 0 Å². The van der Waals surface area contributed by atoms with Crippen LogP contribution in [0.15, 0.2) is 47.1 Å². The Morgan fingerprint density at radius 2 is 1.90 bits per heavy atom. The fourth-order valence-electron chi connectivity index (χ4n) is 1.73. The van der Waals surface area contributed by atoms with Gasteiger partial charge in [0.25, 0.3) is 0 Å². The zero-order chi connectivity index (χ0) is 14.2. The van der Waals surface area contributed by atoms with Crippen molar-refractivity contribution in [2.75, 3.05) is 20.3 Å². The van der Waals surface area contributed by atoms with E-state index < -0.39 is 0 Å². The monoisotopic (exact) mass is 336 g/mol. The standard InChI is InChI=1S/C15H17BrN2O2/c1-17-10-12-9-13(16)11-18-15(12)20-8-7-19-14-5-3-2-4-6-14/h2-6,9,11,17H,7-8,10H2,1H3. The first-order valence-electron chi connectivity index (χ1n) is 6.39. The van der Waals surface area contributed by atoms with Crippen molar-refractivity contribution < 1.29 is 9.47 Å². The summed E-state index contributed by atoms with van der Waals surface area (Å²) in [7, 11) is 1.89. The van der Waals surface area contributed by atoms with E-state index in [0.717, 1.165) is 15.8 Å². The normalized spacial score (nSPS) is 10.3. The molecule has 5 heteroatoms. The highest BCUT2D eigenvalue weighted by molar-refractivity contribution is 9.10. The molecule has 0 atom stereocenters. The van der Waals surface area contributed by atoms with E-state index in [-0.39, 0.29) is 0 Å². The number of rotatable bonds is 7. The lowest BCUT2D eigenvalue weighted by Gasteiger charge is -2.11. The molecule has 0 saturated heterocycles. The summed E-state index contributed by atoms with van der Waals surface area (Å²) in [5, 5.41) is 3.10. The van der Waals surface area contributed by atoms with Gasteiger partial charge in [0, 0.05) is 22.8 Å². The van der Waals surface area contributed by atoms with E-state index >= 15 is 0 Å². The number of hydrogen-bond donors (Lipinski definition) is 1. The van der Waals surface area contributed by atoms with Gasteiger partial charge in [-0.15, -0.1) is 0 Å². The smallest absolute Gasteiger partial charge is 0.218 e. The van der Waals surface area contributed by atoms with Gasteiger partial charge in [-0.25, -0.2) is 4.98 Å². The first-order chi connectivity index (χ1) is 9.79. The first-order valence-corrected chi connectivity index (χ1v) is 7.18. The number of pyridine rings is 1. The van der Waals surface area contributed by atoms with Gasteiger partial charge in [-0.05, 0) is 41.2 Å². The highest BCUT2D eigenvalue weighted by Crippen LogP contribution is 2.19. The number of ether oxygens (including phenoxy) is 2. The van der Waals surface area contributed by atoms with Crippen LogP contribution < -0.4 is 14.8 Å². The van der Waals surface area contributed by atoms with Gasteiger partial charge in [-0.3, -0.25) is 0 Å². The van der Waals surface area contributed by atoms with E-state index in [9.17, 15) is 0 Å². The number of nitrogens with one attached hydrogen (secondary N) is 1. The lowest BCUT2D eigenvalue weighted by atomic mass is 10.3. The van der Waals surface area contributed by atoms with Gasteiger partial charge in [0.15, 0.2) is 0 Å². The van der Waals surface area contributed by atoms with Crippen molar-refractivity contribution in [2.24, 2.45) is 0 Å². The minimum Gasteiger partial charge on any atom is -0.490 e. The van der Waals surface area contributed by atoms with Crippen molar-refractivity contribution in [3.63, 3.8) is 0 Å². The number of nitrogens with zero attached hydrogens (tertiary/aromatic N) is 1. The molecule has 0 fully saturated rings. The predicted molar refractivity (Wildman–Crippen MR) is 82.1 cm³/mol. The fourth-order valence-corrected chi connectivity index (χ4v) is 2.11. The number of aromatic nitrogens is 1. The molecule has 20 heavy (non-hydrogen) atoms. The van der Waals surface area contributed by atoms with Crippen LogP contribution in [0.4, 0.5) is 0 Å². The lowest BCUT2D eigenvalue weighted by molar-refractivity contribution is 0.210. The molecule has 1 aromatic carbocycles. The highest BCUT2D eigenvalue weighted by Gasteiger charge is 2.05. The van der Waals surface area contributed by atoms with Crippen molar-refractivity contribution in [2.45, 2.75) is 6.54 Å². The summed E-state index contributed by atoms with van der Waals surface area (Å²) in [5.41, 5.74) is 1.02. The molecular weight excluding hydrogens is 320 g/mol. The van der Waals surface area contributed by atoms with E-state index in [0.29, 0.717) is 25.6 Å². The zero-order valence-corrected chi connectivity index (χ0v) is 12.9. The largest absolute Gasteiger partial charge is 0.490 e. The summed E-state index contributed by atoms with van der Waals surface area (Å²) in [6.45, 7) is 1.66. The zero-order valence-electron chi connectivity index (χ0n) is 11.3. The van der Waals surface area contributed by atoms with Crippen LogP contribution in [0.1, 0.15) is 5.56 Å². The molecule has 0 bridgehead atoms. The molecule has 0 saturated carbocycles. The second-order valence-electron chi connectivity index (χ2n) is 4.16. The molecule has 2 rings (SSSR count). The SMILES string of the molecule is CNCc1cc(Br)cnc1OCCOc1ccccc1. The van der Waals surface area contributed by atoms with Gasteiger partial charge in [-0.2, -0.15) is 0 Å². The molecule has 106 valence electrons. The Bertz CT molecular complexity index is 535. The van der Waals surface area contributed by atoms with Crippen molar-refractivity contribution in [1.82, 2.24) is 10.3 Å². The lowest BCUT2D eigenvalue weighted by Crippen LogP contribution is -2.13. The molecule has 0 aliphatic rings. The fraction of sp³-hybridized carbons (Fsp3) is 0.267. The molecule has 0 unspecified atom stereocenters. The van der Waals surface area contributed by atoms with E-state index in [1.165, 1.54) is 0 Å².